The molecule has 0 N–H and O–H groups in total. The maximum atomic E-state index is 11.9. The van der Waals surface area contributed by atoms with Gasteiger partial charge in [-0.3, -0.25) is 0 Å². The van der Waals surface area contributed by atoms with Gasteiger partial charge in [0.1, 0.15) is 11.8 Å². The Labute approximate surface area is 116 Å². The Hall–Kier alpha value is -2.46. The highest BCUT2D eigenvalue weighted by Gasteiger charge is 2.31. The molecule has 2 aromatic rings. The summed E-state index contributed by atoms with van der Waals surface area (Å²) in [7, 11) is -3.65. The summed E-state index contributed by atoms with van der Waals surface area (Å²) in [6, 6.07) is 8.52. The van der Waals surface area contributed by atoms with E-state index in [4.69, 9.17) is 5.26 Å². The van der Waals surface area contributed by atoms with Crippen LogP contribution in [0.2, 0.25) is 0 Å². The number of benzene rings is 1. The number of rotatable bonds is 1. The Morgan fingerprint density at radius 1 is 1.35 bits per heavy atom. The highest BCUT2D eigenvalue weighted by molar-refractivity contribution is 7.92. The van der Waals surface area contributed by atoms with Gasteiger partial charge in [-0.05, 0) is 36.6 Å². The highest BCUT2D eigenvalue weighted by atomic mass is 32.2. The topological polar surface area (TPSA) is 86.4 Å². The molecule has 0 fully saturated rings. The molecule has 7 heteroatoms. The average molecular weight is 286 g/mol. The third-order valence-corrected chi connectivity index (χ3v) is 4.57. The van der Waals surface area contributed by atoms with Crippen LogP contribution in [-0.4, -0.2) is 25.7 Å². The van der Waals surface area contributed by atoms with Gasteiger partial charge >= 0.3 is 10.2 Å². The zero-order valence-electron chi connectivity index (χ0n) is 10.6. The second-order valence-electron chi connectivity index (χ2n) is 4.45. The van der Waals surface area contributed by atoms with Crippen LogP contribution >= 0.6 is 0 Å². The predicted octanol–water partition coefficient (Wildman–Crippen LogP) is 1.63. The standard InChI is InChI=1S/C13H10N4O2S/c1-9-8-16-20(18,19)17(9)11-2-3-12-10(6-11)4-5-15-13(12)7-14/h2-6,8-9H,1H3/t9-/m0/s1. The average Bonchev–Trinajstić information content (AvgIpc) is 2.71. The van der Waals surface area contributed by atoms with E-state index in [0.717, 1.165) is 5.39 Å². The van der Waals surface area contributed by atoms with Gasteiger partial charge in [-0.15, -0.1) is 0 Å². The molecule has 100 valence electrons. The molecule has 1 aliphatic heterocycles. The van der Waals surface area contributed by atoms with Crippen molar-refractivity contribution in [3.8, 4) is 6.07 Å². The summed E-state index contributed by atoms with van der Waals surface area (Å²) in [4.78, 5) is 3.98. The van der Waals surface area contributed by atoms with E-state index >= 15 is 0 Å². The van der Waals surface area contributed by atoms with Crippen LogP contribution in [0.15, 0.2) is 34.9 Å². The third kappa shape index (κ3) is 1.82. The second kappa shape index (κ2) is 4.28. The monoisotopic (exact) mass is 286 g/mol. The molecule has 0 unspecified atom stereocenters. The maximum Gasteiger partial charge on any atom is 0.345 e. The molecule has 0 radical (unpaired) electrons. The van der Waals surface area contributed by atoms with E-state index < -0.39 is 10.2 Å². The van der Waals surface area contributed by atoms with E-state index in [9.17, 15) is 8.42 Å². The zero-order valence-corrected chi connectivity index (χ0v) is 11.4. The summed E-state index contributed by atoms with van der Waals surface area (Å²) in [5, 5.41) is 10.5. The molecule has 2 heterocycles. The molecule has 0 amide bonds. The van der Waals surface area contributed by atoms with E-state index in [-0.39, 0.29) is 6.04 Å². The van der Waals surface area contributed by atoms with Gasteiger partial charge < -0.3 is 0 Å². The summed E-state index contributed by atoms with van der Waals surface area (Å²) in [6.45, 7) is 1.76. The van der Waals surface area contributed by atoms with Gasteiger partial charge in [-0.1, -0.05) is 0 Å². The van der Waals surface area contributed by atoms with E-state index in [1.165, 1.54) is 16.7 Å². The molecule has 1 aromatic carbocycles. The number of hydrogen-bond donors (Lipinski definition) is 0. The number of anilines is 1. The molecule has 0 spiro atoms. The molecule has 0 saturated carbocycles. The fourth-order valence-electron chi connectivity index (χ4n) is 2.25. The first kappa shape index (κ1) is 12.6. The number of aromatic nitrogens is 1. The molecule has 3 rings (SSSR count). The lowest BCUT2D eigenvalue weighted by Gasteiger charge is -2.20. The Balaban J connectivity index is 2.18. The molecule has 0 saturated heterocycles. The first-order valence-corrected chi connectivity index (χ1v) is 7.31. The quantitative estimate of drug-likeness (QED) is 0.797. The molecule has 0 bridgehead atoms. The molecule has 1 aliphatic rings. The summed E-state index contributed by atoms with van der Waals surface area (Å²) in [6.07, 6.45) is 2.93. The SMILES string of the molecule is C[C@H]1C=NS(=O)(=O)N1c1ccc2c(C#N)nccc2c1. The van der Waals surface area contributed by atoms with E-state index in [1.54, 1.807) is 31.2 Å². The second-order valence-corrected chi connectivity index (χ2v) is 5.95. The minimum atomic E-state index is -3.65. The molecular formula is C13H10N4O2S. The van der Waals surface area contributed by atoms with Crippen LogP contribution in [0.25, 0.3) is 10.8 Å². The predicted molar refractivity (Wildman–Crippen MR) is 75.8 cm³/mol. The highest BCUT2D eigenvalue weighted by Crippen LogP contribution is 2.29. The van der Waals surface area contributed by atoms with Crippen molar-refractivity contribution in [3.63, 3.8) is 0 Å². The summed E-state index contributed by atoms with van der Waals surface area (Å²) >= 11 is 0. The number of nitriles is 1. The normalized spacial score (nSPS) is 20.2. The van der Waals surface area contributed by atoms with Gasteiger partial charge in [0.25, 0.3) is 0 Å². The van der Waals surface area contributed by atoms with Crippen LogP contribution in [0.3, 0.4) is 0 Å². The first-order valence-electron chi connectivity index (χ1n) is 5.91. The number of pyridine rings is 1. The van der Waals surface area contributed by atoms with Crippen molar-refractivity contribution in [1.82, 2.24) is 4.98 Å². The Morgan fingerprint density at radius 3 is 2.80 bits per heavy atom. The van der Waals surface area contributed by atoms with Crippen LogP contribution < -0.4 is 4.31 Å². The largest absolute Gasteiger partial charge is 0.345 e. The summed E-state index contributed by atoms with van der Waals surface area (Å²) in [5.41, 5.74) is 0.847. The molecule has 0 aliphatic carbocycles. The maximum absolute atomic E-state index is 11.9. The van der Waals surface area contributed by atoms with Gasteiger partial charge in [-0.2, -0.15) is 18.1 Å². The van der Waals surface area contributed by atoms with Crippen LogP contribution in [0.1, 0.15) is 12.6 Å². The minimum Gasteiger partial charge on any atom is -0.245 e. The fourth-order valence-corrected chi connectivity index (χ4v) is 3.53. The molecular weight excluding hydrogens is 276 g/mol. The Morgan fingerprint density at radius 2 is 2.15 bits per heavy atom. The lowest BCUT2D eigenvalue weighted by molar-refractivity contribution is 0.595. The molecule has 1 atom stereocenters. The number of hydrogen-bond acceptors (Lipinski definition) is 4. The third-order valence-electron chi connectivity index (χ3n) is 3.14. The van der Waals surface area contributed by atoms with E-state index in [1.807, 2.05) is 6.07 Å². The number of fused-ring (bicyclic) bond motifs is 1. The van der Waals surface area contributed by atoms with Crippen molar-refractivity contribution in [2.24, 2.45) is 4.40 Å². The fraction of sp³-hybridized carbons (Fsp3) is 0.154. The van der Waals surface area contributed by atoms with Gasteiger partial charge in [0.2, 0.25) is 0 Å². The zero-order chi connectivity index (χ0) is 14.3. The van der Waals surface area contributed by atoms with Crippen LogP contribution in [0.4, 0.5) is 5.69 Å². The van der Waals surface area contributed by atoms with Crippen molar-refractivity contribution >= 4 is 32.9 Å². The van der Waals surface area contributed by atoms with Crippen molar-refractivity contribution in [2.45, 2.75) is 13.0 Å². The van der Waals surface area contributed by atoms with Crippen molar-refractivity contribution < 1.29 is 8.42 Å². The van der Waals surface area contributed by atoms with Gasteiger partial charge in [0, 0.05) is 17.8 Å². The lowest BCUT2D eigenvalue weighted by atomic mass is 10.1. The van der Waals surface area contributed by atoms with E-state index in [2.05, 4.69) is 9.38 Å². The molecule has 1 aromatic heterocycles. The molecule has 6 nitrogen and oxygen atoms in total. The Kier molecular flexibility index (Phi) is 2.69. The lowest BCUT2D eigenvalue weighted by Crippen LogP contribution is -2.32. The first-order chi connectivity index (χ1) is 9.53. The van der Waals surface area contributed by atoms with Crippen LogP contribution in [0, 0.1) is 11.3 Å². The summed E-state index contributed by atoms with van der Waals surface area (Å²) in [5.74, 6) is 0. The minimum absolute atomic E-state index is 0.322. The van der Waals surface area contributed by atoms with Crippen LogP contribution in [0.5, 0.6) is 0 Å². The van der Waals surface area contributed by atoms with Crippen molar-refractivity contribution in [1.29, 1.82) is 5.26 Å². The molecule has 20 heavy (non-hydrogen) atoms. The van der Waals surface area contributed by atoms with Gasteiger partial charge in [-0.25, -0.2) is 9.29 Å². The number of nitrogens with zero attached hydrogens (tertiary/aromatic N) is 4. The van der Waals surface area contributed by atoms with Crippen molar-refractivity contribution in [3.05, 3.63) is 36.2 Å². The summed E-state index contributed by atoms with van der Waals surface area (Å²) < 4.78 is 28.6. The van der Waals surface area contributed by atoms with Gasteiger partial charge in [0.05, 0.1) is 11.7 Å². The van der Waals surface area contributed by atoms with E-state index in [0.29, 0.717) is 16.8 Å². The Bertz CT molecular complexity index is 868. The van der Waals surface area contributed by atoms with Crippen LogP contribution in [-0.2, 0) is 10.2 Å². The van der Waals surface area contributed by atoms with Crippen molar-refractivity contribution in [2.75, 3.05) is 4.31 Å². The smallest absolute Gasteiger partial charge is 0.245 e. The van der Waals surface area contributed by atoms with Gasteiger partial charge in [0.15, 0.2) is 0 Å².